The fraction of sp³-hybridized carbons (Fsp3) is 0.250. The maximum Gasteiger partial charge on any atom is 0.475 e. The van der Waals surface area contributed by atoms with Gasteiger partial charge < -0.3 is 4.74 Å². The lowest BCUT2D eigenvalue weighted by Crippen LogP contribution is -2.40. The second-order valence-corrected chi connectivity index (χ2v) is 5.46. The Morgan fingerprint density at radius 3 is 2.12 bits per heavy atom. The van der Waals surface area contributed by atoms with Gasteiger partial charge in [0.1, 0.15) is 5.75 Å². The van der Waals surface area contributed by atoms with Gasteiger partial charge in [0.2, 0.25) is 0 Å². The molecule has 1 nitrogen and oxygen atoms in total. The van der Waals surface area contributed by atoms with Gasteiger partial charge in [-0.3, -0.25) is 0 Å². The zero-order valence-corrected chi connectivity index (χ0v) is 12.0. The SMILES string of the molecule is FC(F)(Br)C(F)(F)Oc1cc(Br)ccc1Br. The number of hydrogen-bond donors (Lipinski definition) is 0. The van der Waals surface area contributed by atoms with Crippen LogP contribution < -0.4 is 4.74 Å². The number of halogens is 7. The second kappa shape index (κ2) is 4.81. The third-order valence-electron chi connectivity index (χ3n) is 1.46. The van der Waals surface area contributed by atoms with Crippen molar-refractivity contribution in [3.63, 3.8) is 0 Å². The van der Waals surface area contributed by atoms with Crippen LogP contribution in [0.5, 0.6) is 5.75 Å². The van der Waals surface area contributed by atoms with Crippen molar-refractivity contribution in [1.82, 2.24) is 0 Å². The van der Waals surface area contributed by atoms with Crippen LogP contribution in [0.15, 0.2) is 27.1 Å². The summed E-state index contributed by atoms with van der Waals surface area (Å²) < 4.78 is 55.2. The molecule has 0 aliphatic heterocycles. The van der Waals surface area contributed by atoms with E-state index >= 15 is 0 Å². The van der Waals surface area contributed by atoms with Gasteiger partial charge in [-0.2, -0.15) is 17.6 Å². The average molecular weight is 431 g/mol. The maximum absolute atomic E-state index is 12.9. The maximum atomic E-state index is 12.9. The summed E-state index contributed by atoms with van der Waals surface area (Å²) in [6.07, 6.45) is -4.64. The Kier molecular flexibility index (Phi) is 4.29. The first-order valence-electron chi connectivity index (χ1n) is 3.72. The van der Waals surface area contributed by atoms with Crippen molar-refractivity contribution in [2.24, 2.45) is 0 Å². The van der Waals surface area contributed by atoms with E-state index in [1.807, 2.05) is 0 Å². The van der Waals surface area contributed by atoms with E-state index in [2.05, 4.69) is 36.6 Å². The molecule has 0 amide bonds. The third kappa shape index (κ3) is 3.33. The van der Waals surface area contributed by atoms with Crippen LogP contribution in [-0.2, 0) is 0 Å². The molecule has 0 saturated carbocycles. The highest BCUT2D eigenvalue weighted by Crippen LogP contribution is 2.42. The molecule has 0 atom stereocenters. The summed E-state index contributed by atoms with van der Waals surface area (Å²) in [4.78, 5) is -4.44. The van der Waals surface area contributed by atoms with E-state index in [4.69, 9.17) is 0 Å². The number of benzene rings is 1. The van der Waals surface area contributed by atoms with Gasteiger partial charge in [-0.15, -0.1) is 0 Å². The Morgan fingerprint density at radius 2 is 1.62 bits per heavy atom. The number of ether oxygens (including phenoxy) is 1. The first-order chi connectivity index (χ1) is 7.13. The van der Waals surface area contributed by atoms with E-state index in [0.717, 1.165) is 6.07 Å². The Hall–Kier alpha value is 0.180. The first-order valence-corrected chi connectivity index (χ1v) is 6.10. The number of alkyl halides is 5. The molecule has 0 fully saturated rings. The van der Waals surface area contributed by atoms with Crippen molar-refractivity contribution in [2.75, 3.05) is 0 Å². The van der Waals surface area contributed by atoms with Crippen LogP contribution >= 0.6 is 47.8 Å². The van der Waals surface area contributed by atoms with E-state index in [1.165, 1.54) is 6.07 Å². The van der Waals surface area contributed by atoms with Gasteiger partial charge in [-0.25, -0.2) is 0 Å². The van der Waals surface area contributed by atoms with Crippen LogP contribution in [0.25, 0.3) is 0 Å². The van der Waals surface area contributed by atoms with Crippen LogP contribution in [0, 0.1) is 0 Å². The molecule has 0 unspecified atom stereocenters. The number of hydrogen-bond acceptors (Lipinski definition) is 1. The molecule has 0 saturated heterocycles. The van der Waals surface area contributed by atoms with Crippen molar-refractivity contribution in [1.29, 1.82) is 0 Å². The minimum atomic E-state index is -4.64. The molecule has 1 rings (SSSR count). The highest BCUT2D eigenvalue weighted by Gasteiger charge is 2.58. The van der Waals surface area contributed by atoms with Gasteiger partial charge >= 0.3 is 10.9 Å². The zero-order chi connectivity index (χ0) is 12.6. The van der Waals surface area contributed by atoms with E-state index in [9.17, 15) is 17.6 Å². The fourth-order valence-corrected chi connectivity index (χ4v) is 1.50. The van der Waals surface area contributed by atoms with Crippen LogP contribution in [0.4, 0.5) is 17.6 Å². The highest BCUT2D eigenvalue weighted by molar-refractivity contribution is 9.11. The van der Waals surface area contributed by atoms with Gasteiger partial charge in [0.15, 0.2) is 0 Å². The highest BCUT2D eigenvalue weighted by atomic mass is 79.9. The van der Waals surface area contributed by atoms with E-state index < -0.39 is 16.7 Å². The molecule has 8 heteroatoms. The van der Waals surface area contributed by atoms with Crippen LogP contribution in [0.1, 0.15) is 0 Å². The summed E-state index contributed by atoms with van der Waals surface area (Å²) in [7, 11) is 0. The molecule has 0 spiro atoms. The quantitative estimate of drug-likeness (QED) is 0.475. The minimum Gasteiger partial charge on any atom is -0.426 e. The Balaban J connectivity index is 3.01. The summed E-state index contributed by atoms with van der Waals surface area (Å²) in [6.45, 7) is 0. The molecule has 1 aromatic rings. The molecular weight excluding hydrogens is 428 g/mol. The first kappa shape index (κ1) is 14.2. The van der Waals surface area contributed by atoms with E-state index in [-0.39, 0.29) is 4.47 Å². The second-order valence-electron chi connectivity index (χ2n) is 2.69. The smallest absolute Gasteiger partial charge is 0.426 e. The monoisotopic (exact) mass is 428 g/mol. The molecular formula is C8H3Br3F4O. The van der Waals surface area contributed by atoms with Gasteiger partial charge in [0, 0.05) is 20.4 Å². The van der Waals surface area contributed by atoms with Crippen molar-refractivity contribution < 1.29 is 22.3 Å². The minimum absolute atomic E-state index is 0.145. The van der Waals surface area contributed by atoms with Gasteiger partial charge in [-0.05, 0) is 34.1 Å². The largest absolute Gasteiger partial charge is 0.475 e. The molecule has 0 aliphatic carbocycles. The van der Waals surface area contributed by atoms with Crippen molar-refractivity contribution >= 4 is 47.8 Å². The summed E-state index contributed by atoms with van der Waals surface area (Å²) in [5, 5.41) is 0. The Labute approximate surface area is 114 Å². The molecule has 16 heavy (non-hydrogen) atoms. The van der Waals surface area contributed by atoms with Crippen molar-refractivity contribution in [3.05, 3.63) is 27.1 Å². The molecule has 0 bridgehead atoms. The van der Waals surface area contributed by atoms with Crippen LogP contribution in [0.2, 0.25) is 0 Å². The zero-order valence-electron chi connectivity index (χ0n) is 7.29. The Morgan fingerprint density at radius 1 is 1.06 bits per heavy atom. The lowest BCUT2D eigenvalue weighted by Gasteiger charge is -2.22. The normalized spacial score (nSPS) is 12.7. The molecule has 0 N–H and O–H groups in total. The molecule has 0 heterocycles. The predicted molar refractivity (Wildman–Crippen MR) is 61.3 cm³/mol. The van der Waals surface area contributed by atoms with Crippen molar-refractivity contribution in [2.45, 2.75) is 10.9 Å². The van der Waals surface area contributed by atoms with Crippen LogP contribution in [-0.4, -0.2) is 10.9 Å². The van der Waals surface area contributed by atoms with Crippen molar-refractivity contribution in [3.8, 4) is 5.75 Å². The summed E-state index contributed by atoms with van der Waals surface area (Å²) in [5.41, 5.74) is 0. The topological polar surface area (TPSA) is 9.23 Å². The molecule has 1 aromatic carbocycles. The van der Waals surface area contributed by atoms with Gasteiger partial charge in [-0.1, -0.05) is 15.9 Å². The molecule has 0 aromatic heterocycles. The summed E-state index contributed by atoms with van der Waals surface area (Å²) >= 11 is 7.49. The molecule has 0 radical (unpaired) electrons. The van der Waals surface area contributed by atoms with Gasteiger partial charge in [0.05, 0.1) is 4.47 Å². The molecule has 0 aliphatic rings. The lowest BCUT2D eigenvalue weighted by molar-refractivity contribution is -0.266. The third-order valence-corrected chi connectivity index (χ3v) is 3.07. The average Bonchev–Trinajstić information content (AvgIpc) is 2.09. The predicted octanol–water partition coefficient (Wildman–Crippen LogP) is 5.17. The van der Waals surface area contributed by atoms with Crippen LogP contribution in [0.3, 0.4) is 0 Å². The lowest BCUT2D eigenvalue weighted by atomic mass is 10.3. The van der Waals surface area contributed by atoms with E-state index in [1.54, 1.807) is 22.0 Å². The summed E-state index contributed by atoms with van der Waals surface area (Å²) in [6, 6.07) is 4.08. The van der Waals surface area contributed by atoms with E-state index in [0.29, 0.717) is 4.47 Å². The number of rotatable bonds is 3. The standard InChI is InChI=1S/C8H3Br3F4O/c9-4-1-2-5(10)6(3-4)16-8(14,15)7(11,12)13/h1-3H. The summed E-state index contributed by atoms with van der Waals surface area (Å²) in [5.74, 6) is -0.390. The fourth-order valence-electron chi connectivity index (χ4n) is 0.751. The Bertz CT molecular complexity index is 391. The molecule has 90 valence electrons. The van der Waals surface area contributed by atoms with Gasteiger partial charge in [0.25, 0.3) is 0 Å².